The van der Waals surface area contributed by atoms with E-state index in [0.717, 1.165) is 54.7 Å². The first-order chi connectivity index (χ1) is 19.7. The van der Waals surface area contributed by atoms with Crippen molar-refractivity contribution in [3.8, 4) is 0 Å². The Bertz CT molecular complexity index is 1090. The predicted octanol–water partition coefficient (Wildman–Crippen LogP) is 9.24. The highest BCUT2D eigenvalue weighted by Crippen LogP contribution is 2.21. The molecule has 0 aromatic carbocycles. The molecule has 0 aliphatic rings. The van der Waals surface area contributed by atoms with Crippen LogP contribution in [-0.2, 0) is 12.5 Å². The molecule has 0 aliphatic carbocycles. The van der Waals surface area contributed by atoms with Gasteiger partial charge in [0, 0.05) is 68.5 Å². The third kappa shape index (κ3) is 17.1. The quantitative estimate of drug-likeness (QED) is 0.188. The van der Waals surface area contributed by atoms with Crippen molar-refractivity contribution in [2.24, 2.45) is 24.8 Å². The van der Waals surface area contributed by atoms with Crippen LogP contribution in [0.4, 0.5) is 17.3 Å². The van der Waals surface area contributed by atoms with Crippen LogP contribution in [0.5, 0.6) is 0 Å². The molecule has 0 saturated carbocycles. The van der Waals surface area contributed by atoms with Crippen molar-refractivity contribution in [1.29, 1.82) is 0 Å². The topological polar surface area (TPSA) is 71.7 Å². The molecule has 0 amide bonds. The van der Waals surface area contributed by atoms with Gasteiger partial charge in [-0.2, -0.15) is 5.10 Å². The van der Waals surface area contributed by atoms with Gasteiger partial charge in [0.2, 0.25) is 0 Å². The molecule has 7 heteroatoms. The lowest BCUT2D eigenvalue weighted by atomic mass is 9.92. The van der Waals surface area contributed by atoms with Gasteiger partial charge in [0.1, 0.15) is 11.6 Å². The minimum atomic E-state index is 0.121. The van der Waals surface area contributed by atoms with Gasteiger partial charge in [-0.1, -0.05) is 68.4 Å². The van der Waals surface area contributed by atoms with Crippen LogP contribution < -0.4 is 16.0 Å². The van der Waals surface area contributed by atoms with Crippen molar-refractivity contribution < 1.29 is 0 Å². The number of nitrogens with zero attached hydrogens (tertiary/aromatic N) is 4. The van der Waals surface area contributed by atoms with Crippen molar-refractivity contribution in [1.82, 2.24) is 19.3 Å². The maximum absolute atomic E-state index is 4.63. The Balaban J connectivity index is 0.000000318. The SMILES string of the molecule is CC(C)CCNc1cccc(C(C)(C)C)n1.CC(C)CCNc1ccn(C(C)C)n1.CC(C)CCNc1ccn(C)c1. The van der Waals surface area contributed by atoms with Crippen molar-refractivity contribution >= 4 is 17.3 Å². The average molecular weight is 582 g/mol. The Hall–Kier alpha value is -2.96. The fraction of sp³-hybridized carbons (Fsp3) is 0.657. The highest BCUT2D eigenvalue weighted by atomic mass is 15.3. The fourth-order valence-corrected chi connectivity index (χ4v) is 3.76. The van der Waals surface area contributed by atoms with Gasteiger partial charge >= 0.3 is 0 Å². The number of aromatic nitrogens is 4. The van der Waals surface area contributed by atoms with Crippen LogP contribution in [-0.4, -0.2) is 39.0 Å². The second-order valence-corrected chi connectivity index (χ2v) is 13.8. The van der Waals surface area contributed by atoms with E-state index in [4.69, 9.17) is 0 Å². The zero-order chi connectivity index (χ0) is 31.7. The van der Waals surface area contributed by atoms with Gasteiger partial charge in [0.05, 0.1) is 5.69 Å². The lowest BCUT2D eigenvalue weighted by Crippen LogP contribution is -2.15. The summed E-state index contributed by atoms with van der Waals surface area (Å²) in [6.07, 6.45) is 9.77. The fourth-order valence-electron chi connectivity index (χ4n) is 3.76. The standard InChI is InChI=1S/C14H24N2.C11H21N3.C10H18N2/c1-11(2)9-10-15-13-8-6-7-12(16-13)14(3,4)5;1-9(2)5-7-12-11-6-8-14(13-11)10(3)4;1-9(2)4-6-11-10-5-7-12(3)8-10/h6-8,11H,9-10H2,1-5H3,(H,15,16);6,8-10H,5,7H2,1-4H3,(H,12,13);5,7-9,11H,4,6H2,1-3H3. The number of nitrogens with one attached hydrogen (secondary N) is 3. The third-order valence-corrected chi connectivity index (χ3v) is 6.59. The summed E-state index contributed by atoms with van der Waals surface area (Å²) in [6.45, 7) is 27.3. The minimum Gasteiger partial charge on any atom is -0.384 e. The smallest absolute Gasteiger partial charge is 0.147 e. The van der Waals surface area contributed by atoms with E-state index in [1.807, 2.05) is 30.1 Å². The van der Waals surface area contributed by atoms with E-state index in [1.165, 1.54) is 24.9 Å². The van der Waals surface area contributed by atoms with E-state index in [9.17, 15) is 0 Å². The summed E-state index contributed by atoms with van der Waals surface area (Å²) >= 11 is 0. The number of pyridine rings is 1. The number of anilines is 3. The Kier molecular flexibility index (Phi) is 17.0. The van der Waals surface area contributed by atoms with E-state index in [2.05, 4.69) is 137 Å². The van der Waals surface area contributed by atoms with Crippen molar-refractivity contribution in [2.45, 2.75) is 107 Å². The normalized spacial score (nSPS) is 11.3. The molecular formula is C35H63N7. The minimum absolute atomic E-state index is 0.121. The molecule has 42 heavy (non-hydrogen) atoms. The van der Waals surface area contributed by atoms with Gasteiger partial charge in [-0.25, -0.2) is 4.98 Å². The summed E-state index contributed by atoms with van der Waals surface area (Å²) in [7, 11) is 2.04. The molecule has 238 valence electrons. The van der Waals surface area contributed by atoms with Crippen LogP contribution in [0, 0.1) is 17.8 Å². The van der Waals surface area contributed by atoms with Gasteiger partial charge in [0.15, 0.2) is 0 Å². The van der Waals surface area contributed by atoms with Gasteiger partial charge in [0.25, 0.3) is 0 Å². The van der Waals surface area contributed by atoms with Crippen LogP contribution in [0.25, 0.3) is 0 Å². The van der Waals surface area contributed by atoms with Gasteiger partial charge in [-0.3, -0.25) is 4.68 Å². The summed E-state index contributed by atoms with van der Waals surface area (Å²) in [6, 6.07) is 10.8. The van der Waals surface area contributed by atoms with Crippen LogP contribution in [0.2, 0.25) is 0 Å². The molecule has 0 unspecified atom stereocenters. The third-order valence-electron chi connectivity index (χ3n) is 6.59. The second-order valence-electron chi connectivity index (χ2n) is 13.8. The molecule has 0 atom stereocenters. The van der Waals surface area contributed by atoms with Crippen LogP contribution in [0.1, 0.15) is 107 Å². The lowest BCUT2D eigenvalue weighted by molar-refractivity contribution is 0.533. The maximum Gasteiger partial charge on any atom is 0.147 e. The van der Waals surface area contributed by atoms with Crippen LogP contribution in [0.3, 0.4) is 0 Å². The number of hydrogen-bond donors (Lipinski definition) is 3. The molecule has 0 radical (unpaired) electrons. The molecule has 0 bridgehead atoms. The zero-order valence-electron chi connectivity index (χ0n) is 29.0. The van der Waals surface area contributed by atoms with Crippen molar-refractivity contribution in [3.05, 3.63) is 54.6 Å². The van der Waals surface area contributed by atoms with Crippen LogP contribution >= 0.6 is 0 Å². The van der Waals surface area contributed by atoms with E-state index in [-0.39, 0.29) is 5.41 Å². The largest absolute Gasteiger partial charge is 0.384 e. The molecule has 3 aromatic heterocycles. The summed E-state index contributed by atoms with van der Waals surface area (Å²) in [5.41, 5.74) is 2.48. The Morgan fingerprint density at radius 3 is 1.69 bits per heavy atom. The first-order valence-corrected chi connectivity index (χ1v) is 16.0. The van der Waals surface area contributed by atoms with E-state index in [0.29, 0.717) is 6.04 Å². The average Bonchev–Trinajstić information content (AvgIpc) is 3.53. The lowest BCUT2D eigenvalue weighted by Gasteiger charge is -2.18. The van der Waals surface area contributed by atoms with Crippen molar-refractivity contribution in [3.63, 3.8) is 0 Å². The van der Waals surface area contributed by atoms with Gasteiger partial charge in [-0.15, -0.1) is 0 Å². The molecule has 0 saturated heterocycles. The van der Waals surface area contributed by atoms with Gasteiger partial charge in [-0.05, 0) is 69.1 Å². The Labute approximate surface area is 258 Å². The number of rotatable bonds is 13. The summed E-state index contributed by atoms with van der Waals surface area (Å²) in [5.74, 6) is 4.24. The summed E-state index contributed by atoms with van der Waals surface area (Å²) in [5, 5.41) is 14.5. The molecule has 3 N–H and O–H groups in total. The van der Waals surface area contributed by atoms with Gasteiger partial charge < -0.3 is 20.5 Å². The molecule has 3 rings (SSSR count). The number of aryl methyl sites for hydroxylation is 1. The monoisotopic (exact) mass is 582 g/mol. The predicted molar refractivity (Wildman–Crippen MR) is 185 cm³/mol. The summed E-state index contributed by atoms with van der Waals surface area (Å²) < 4.78 is 4.02. The molecule has 0 fully saturated rings. The van der Waals surface area contributed by atoms with Crippen LogP contribution in [0.15, 0.2) is 48.9 Å². The maximum atomic E-state index is 4.63. The molecule has 3 heterocycles. The Morgan fingerprint density at radius 2 is 1.24 bits per heavy atom. The first-order valence-electron chi connectivity index (χ1n) is 16.0. The van der Waals surface area contributed by atoms with E-state index in [1.54, 1.807) is 0 Å². The van der Waals surface area contributed by atoms with E-state index >= 15 is 0 Å². The summed E-state index contributed by atoms with van der Waals surface area (Å²) in [4.78, 5) is 4.63. The zero-order valence-corrected chi connectivity index (χ0v) is 29.0. The molecule has 7 nitrogen and oxygen atoms in total. The first kappa shape index (κ1) is 37.1. The van der Waals surface area contributed by atoms with Crippen molar-refractivity contribution in [2.75, 3.05) is 35.6 Å². The highest BCUT2D eigenvalue weighted by Gasteiger charge is 2.15. The molecule has 0 aliphatic heterocycles. The molecule has 0 spiro atoms. The second kappa shape index (κ2) is 19.3. The molecular weight excluding hydrogens is 518 g/mol. The highest BCUT2D eigenvalue weighted by molar-refractivity contribution is 5.40. The Morgan fingerprint density at radius 1 is 0.690 bits per heavy atom. The van der Waals surface area contributed by atoms with E-state index < -0.39 is 0 Å². The number of hydrogen-bond acceptors (Lipinski definition) is 5. The molecule has 3 aromatic rings.